The lowest BCUT2D eigenvalue weighted by atomic mass is 10.2. The zero-order valence-electron chi connectivity index (χ0n) is 17.1. The second kappa shape index (κ2) is 9.34. The summed E-state index contributed by atoms with van der Waals surface area (Å²) in [7, 11) is 0. The van der Waals surface area contributed by atoms with Crippen LogP contribution in [0.1, 0.15) is 10.5 Å². The molecule has 0 saturated carbocycles. The Morgan fingerprint density at radius 3 is 2.26 bits per heavy atom. The second-order valence-electron chi connectivity index (χ2n) is 7.40. The van der Waals surface area contributed by atoms with Crippen LogP contribution in [0.3, 0.4) is 0 Å². The minimum absolute atomic E-state index is 0.181. The number of anilines is 1. The summed E-state index contributed by atoms with van der Waals surface area (Å²) in [5.41, 5.74) is 2.46. The molecule has 1 fully saturated rings. The van der Waals surface area contributed by atoms with Crippen LogP contribution in [0.4, 0.5) is 5.69 Å². The Morgan fingerprint density at radius 2 is 1.52 bits per heavy atom. The molecule has 2 heterocycles. The van der Waals surface area contributed by atoms with Gasteiger partial charge in [0.15, 0.2) is 0 Å². The summed E-state index contributed by atoms with van der Waals surface area (Å²) < 4.78 is 0. The number of rotatable bonds is 5. The Labute approximate surface area is 180 Å². The van der Waals surface area contributed by atoms with Crippen molar-refractivity contribution in [2.45, 2.75) is 0 Å². The predicted molar refractivity (Wildman–Crippen MR) is 119 cm³/mol. The Hall–Kier alpha value is -3.81. The van der Waals surface area contributed by atoms with Gasteiger partial charge >= 0.3 is 11.8 Å². The van der Waals surface area contributed by atoms with Crippen LogP contribution in [-0.4, -0.2) is 66.9 Å². The lowest BCUT2D eigenvalue weighted by Crippen LogP contribution is -2.53. The summed E-state index contributed by atoms with van der Waals surface area (Å²) >= 11 is 0. The highest BCUT2D eigenvalue weighted by Crippen LogP contribution is 2.16. The summed E-state index contributed by atoms with van der Waals surface area (Å²) in [5, 5.41) is 6.29. The molecule has 0 aliphatic carbocycles. The minimum atomic E-state index is -0.645. The fourth-order valence-corrected chi connectivity index (χ4v) is 3.67. The van der Waals surface area contributed by atoms with Crippen molar-refractivity contribution in [3.05, 3.63) is 66.4 Å². The molecule has 3 N–H and O–H groups in total. The van der Waals surface area contributed by atoms with E-state index >= 15 is 0 Å². The Morgan fingerprint density at radius 1 is 0.839 bits per heavy atom. The van der Waals surface area contributed by atoms with Crippen molar-refractivity contribution in [1.82, 2.24) is 20.5 Å². The number of nitrogens with zero attached hydrogens (tertiary/aromatic N) is 2. The highest BCUT2D eigenvalue weighted by molar-refractivity contribution is 6.35. The zero-order chi connectivity index (χ0) is 21.6. The van der Waals surface area contributed by atoms with Crippen LogP contribution in [0.5, 0.6) is 0 Å². The molecule has 0 unspecified atom stereocenters. The van der Waals surface area contributed by atoms with Gasteiger partial charge in [-0.15, -0.1) is 0 Å². The van der Waals surface area contributed by atoms with Crippen LogP contribution in [0, 0.1) is 0 Å². The summed E-state index contributed by atoms with van der Waals surface area (Å²) in [6.45, 7) is 2.78. The molecule has 2 aromatic carbocycles. The first-order valence-electron chi connectivity index (χ1n) is 10.3. The number of piperazine rings is 1. The lowest BCUT2D eigenvalue weighted by Gasteiger charge is -2.35. The number of amides is 3. The lowest BCUT2D eigenvalue weighted by molar-refractivity contribution is -0.146. The van der Waals surface area contributed by atoms with Crippen molar-refractivity contribution in [2.24, 2.45) is 0 Å². The van der Waals surface area contributed by atoms with Gasteiger partial charge in [0.1, 0.15) is 5.69 Å². The Balaban J connectivity index is 1.18. The van der Waals surface area contributed by atoms with Crippen molar-refractivity contribution < 1.29 is 14.4 Å². The maximum atomic E-state index is 12.4. The van der Waals surface area contributed by atoms with E-state index in [-0.39, 0.29) is 19.0 Å². The van der Waals surface area contributed by atoms with Gasteiger partial charge in [-0.1, -0.05) is 36.4 Å². The number of H-pyrrole nitrogens is 1. The Kier molecular flexibility index (Phi) is 6.16. The highest BCUT2D eigenvalue weighted by atomic mass is 16.2. The molecule has 0 radical (unpaired) electrons. The van der Waals surface area contributed by atoms with Crippen molar-refractivity contribution in [2.75, 3.05) is 44.2 Å². The average Bonchev–Trinajstić information content (AvgIpc) is 3.26. The predicted octanol–water partition coefficient (Wildman–Crippen LogP) is 1.36. The van der Waals surface area contributed by atoms with Gasteiger partial charge in [-0.05, 0) is 24.3 Å². The van der Waals surface area contributed by atoms with Gasteiger partial charge in [-0.3, -0.25) is 14.4 Å². The third kappa shape index (κ3) is 4.85. The van der Waals surface area contributed by atoms with E-state index in [1.165, 1.54) is 0 Å². The van der Waals surface area contributed by atoms with Gasteiger partial charge < -0.3 is 25.4 Å². The molecule has 3 amide bonds. The van der Waals surface area contributed by atoms with Crippen LogP contribution in [0.25, 0.3) is 10.9 Å². The topological polar surface area (TPSA) is 97.5 Å². The first kappa shape index (κ1) is 20.5. The largest absolute Gasteiger partial charge is 0.368 e. The van der Waals surface area contributed by atoms with Crippen LogP contribution in [-0.2, 0) is 9.59 Å². The van der Waals surface area contributed by atoms with Gasteiger partial charge in [-0.25, -0.2) is 0 Å². The fourth-order valence-electron chi connectivity index (χ4n) is 3.67. The minimum Gasteiger partial charge on any atom is -0.368 e. The van der Waals surface area contributed by atoms with Crippen LogP contribution >= 0.6 is 0 Å². The summed E-state index contributed by atoms with van der Waals surface area (Å²) in [4.78, 5) is 43.7. The summed E-state index contributed by atoms with van der Waals surface area (Å²) in [6, 6.07) is 19.4. The maximum absolute atomic E-state index is 12.4. The second-order valence-corrected chi connectivity index (χ2v) is 7.40. The smallest absolute Gasteiger partial charge is 0.312 e. The number of carbonyl (C=O) groups excluding carboxylic acids is 3. The summed E-state index contributed by atoms with van der Waals surface area (Å²) in [6.07, 6.45) is 0. The highest BCUT2D eigenvalue weighted by Gasteiger charge is 2.25. The molecule has 160 valence electrons. The molecule has 1 saturated heterocycles. The molecule has 8 heteroatoms. The van der Waals surface area contributed by atoms with E-state index in [9.17, 15) is 14.4 Å². The standard InChI is InChI=1S/C23H25N5O3/c29-21(20-16-17-6-4-5-9-19(17)26-20)24-10-11-25-22(30)23(31)28-14-12-27(13-15-28)18-7-2-1-3-8-18/h1-9,16,26H,10-15H2,(H,24,29)(H,25,30). The van der Waals surface area contributed by atoms with E-state index in [0.29, 0.717) is 31.9 Å². The van der Waals surface area contributed by atoms with E-state index in [1.807, 2.05) is 54.6 Å². The van der Waals surface area contributed by atoms with Crippen molar-refractivity contribution in [3.8, 4) is 0 Å². The number of aromatic amines is 1. The van der Waals surface area contributed by atoms with Gasteiger partial charge in [-0.2, -0.15) is 0 Å². The number of benzene rings is 2. The van der Waals surface area contributed by atoms with E-state index in [4.69, 9.17) is 0 Å². The molecule has 0 bridgehead atoms. The molecule has 1 aromatic heterocycles. The van der Waals surface area contributed by atoms with Crippen molar-refractivity contribution >= 4 is 34.3 Å². The third-order valence-electron chi connectivity index (χ3n) is 5.35. The molecule has 8 nitrogen and oxygen atoms in total. The number of para-hydroxylation sites is 2. The quantitative estimate of drug-likeness (QED) is 0.430. The number of aromatic nitrogens is 1. The monoisotopic (exact) mass is 419 g/mol. The fraction of sp³-hybridized carbons (Fsp3) is 0.261. The number of nitrogens with one attached hydrogen (secondary N) is 3. The van der Waals surface area contributed by atoms with E-state index < -0.39 is 11.8 Å². The number of fused-ring (bicyclic) bond motifs is 1. The molecule has 3 aromatic rings. The van der Waals surface area contributed by atoms with E-state index in [1.54, 1.807) is 11.0 Å². The van der Waals surface area contributed by atoms with E-state index in [0.717, 1.165) is 16.6 Å². The third-order valence-corrected chi connectivity index (χ3v) is 5.35. The first-order chi connectivity index (χ1) is 15.1. The first-order valence-corrected chi connectivity index (χ1v) is 10.3. The normalized spacial score (nSPS) is 13.8. The molecule has 1 aliphatic rings. The van der Waals surface area contributed by atoms with Gasteiger partial charge in [0, 0.05) is 55.9 Å². The van der Waals surface area contributed by atoms with Crippen LogP contribution < -0.4 is 15.5 Å². The summed E-state index contributed by atoms with van der Waals surface area (Å²) in [5.74, 6) is -1.43. The maximum Gasteiger partial charge on any atom is 0.312 e. The number of carbonyl (C=O) groups is 3. The molecule has 31 heavy (non-hydrogen) atoms. The van der Waals surface area contributed by atoms with Gasteiger partial charge in [0.2, 0.25) is 0 Å². The van der Waals surface area contributed by atoms with Gasteiger partial charge in [0.25, 0.3) is 5.91 Å². The Bertz CT molecular complexity index is 1040. The van der Waals surface area contributed by atoms with Crippen LogP contribution in [0.15, 0.2) is 60.7 Å². The number of hydrogen-bond acceptors (Lipinski definition) is 4. The van der Waals surface area contributed by atoms with E-state index in [2.05, 4.69) is 20.5 Å². The molecular weight excluding hydrogens is 394 g/mol. The molecule has 4 rings (SSSR count). The van der Waals surface area contributed by atoms with Crippen LogP contribution in [0.2, 0.25) is 0 Å². The molecular formula is C23H25N5O3. The van der Waals surface area contributed by atoms with Crippen molar-refractivity contribution in [3.63, 3.8) is 0 Å². The molecule has 1 aliphatic heterocycles. The van der Waals surface area contributed by atoms with Crippen molar-refractivity contribution in [1.29, 1.82) is 0 Å². The average molecular weight is 419 g/mol. The zero-order valence-corrected chi connectivity index (χ0v) is 17.1. The van der Waals surface area contributed by atoms with Gasteiger partial charge in [0.05, 0.1) is 0 Å². The molecule has 0 atom stereocenters. The number of hydrogen-bond donors (Lipinski definition) is 3. The molecule has 0 spiro atoms. The SMILES string of the molecule is O=C(NCCNC(=O)c1cc2ccccc2[nH]1)C(=O)N1CCN(c2ccccc2)CC1.